The third-order valence-corrected chi connectivity index (χ3v) is 4.62. The minimum atomic E-state index is -0.408. The normalized spacial score (nSPS) is 17.7. The molecule has 1 unspecified atom stereocenters. The number of piperidine rings is 1. The van der Waals surface area contributed by atoms with E-state index in [1.807, 2.05) is 38.1 Å². The fourth-order valence-corrected chi connectivity index (χ4v) is 3.04. The molecule has 1 amide bonds. The maximum Gasteiger partial charge on any atom is 0.261 e. The number of nitrogens with zero attached hydrogens (tertiary/aromatic N) is 1. The molecular formula is C19H30N2O2. The second-order valence-corrected chi connectivity index (χ2v) is 6.66. The highest BCUT2D eigenvalue weighted by atomic mass is 16.5. The molecule has 4 heteroatoms. The lowest BCUT2D eigenvalue weighted by Gasteiger charge is -2.29. The van der Waals surface area contributed by atoms with Gasteiger partial charge in [0.2, 0.25) is 0 Å². The molecule has 23 heavy (non-hydrogen) atoms. The molecule has 1 aromatic rings. The molecule has 1 fully saturated rings. The molecule has 4 nitrogen and oxygen atoms in total. The van der Waals surface area contributed by atoms with Crippen molar-refractivity contribution in [3.63, 3.8) is 0 Å². The minimum Gasteiger partial charge on any atom is -0.481 e. The average Bonchev–Trinajstić information content (AvgIpc) is 2.54. The molecule has 0 spiro atoms. The lowest BCUT2D eigenvalue weighted by Crippen LogP contribution is -2.39. The summed E-state index contributed by atoms with van der Waals surface area (Å²) in [7, 11) is 2.17. The number of nitrogens with one attached hydrogen (secondary N) is 1. The van der Waals surface area contributed by atoms with Crippen LogP contribution in [0.25, 0.3) is 0 Å². The Hall–Kier alpha value is -1.55. The van der Waals surface area contributed by atoms with Crippen molar-refractivity contribution in [2.45, 2.75) is 45.6 Å². The summed E-state index contributed by atoms with van der Waals surface area (Å²) in [6, 6.07) is 7.85. The standard InChI is InChI=1S/C19H30N2O2/c1-4-18(23-17-7-5-6-15(2)14-17)19(22)20-11-8-16-9-12-21(3)13-10-16/h5-7,14,16,18H,4,8-13H2,1-3H3,(H,20,22). The smallest absolute Gasteiger partial charge is 0.261 e. The van der Waals surface area contributed by atoms with Crippen molar-refractivity contribution >= 4 is 5.91 Å². The van der Waals surface area contributed by atoms with E-state index < -0.39 is 6.10 Å². The number of likely N-dealkylation sites (tertiary alicyclic amines) is 1. The molecule has 0 aromatic heterocycles. The summed E-state index contributed by atoms with van der Waals surface area (Å²) in [5.41, 5.74) is 1.14. The van der Waals surface area contributed by atoms with Crippen molar-refractivity contribution in [3.05, 3.63) is 29.8 Å². The molecule has 0 bridgehead atoms. The Bertz CT molecular complexity index is 496. The molecule has 128 valence electrons. The quantitative estimate of drug-likeness (QED) is 0.840. The second kappa shape index (κ2) is 8.92. The van der Waals surface area contributed by atoms with Crippen molar-refractivity contribution in [2.75, 3.05) is 26.7 Å². The molecule has 1 aromatic carbocycles. The van der Waals surface area contributed by atoms with Gasteiger partial charge in [-0.2, -0.15) is 0 Å². The number of aryl methyl sites for hydroxylation is 1. The minimum absolute atomic E-state index is 0.00179. The molecular weight excluding hydrogens is 288 g/mol. The van der Waals surface area contributed by atoms with Gasteiger partial charge in [0.15, 0.2) is 6.10 Å². The lowest BCUT2D eigenvalue weighted by atomic mass is 9.94. The Balaban J connectivity index is 1.74. The summed E-state index contributed by atoms with van der Waals surface area (Å²) in [5, 5.41) is 3.05. The summed E-state index contributed by atoms with van der Waals surface area (Å²) in [5.74, 6) is 1.51. The van der Waals surface area contributed by atoms with Crippen LogP contribution in [-0.2, 0) is 4.79 Å². The number of amides is 1. The molecule has 1 saturated heterocycles. The number of carbonyl (C=O) groups is 1. The molecule has 0 saturated carbocycles. The highest BCUT2D eigenvalue weighted by Gasteiger charge is 2.20. The molecule has 1 heterocycles. The fraction of sp³-hybridized carbons (Fsp3) is 0.632. The molecule has 1 atom stereocenters. The fourth-order valence-electron chi connectivity index (χ4n) is 3.04. The van der Waals surface area contributed by atoms with E-state index >= 15 is 0 Å². The van der Waals surface area contributed by atoms with Gasteiger partial charge in [0.25, 0.3) is 5.91 Å². The van der Waals surface area contributed by atoms with E-state index in [0.29, 0.717) is 6.42 Å². The zero-order valence-corrected chi connectivity index (χ0v) is 14.7. The monoisotopic (exact) mass is 318 g/mol. The largest absolute Gasteiger partial charge is 0.481 e. The number of hydrogen-bond donors (Lipinski definition) is 1. The first kappa shape index (κ1) is 17.8. The first-order valence-corrected chi connectivity index (χ1v) is 8.78. The van der Waals surface area contributed by atoms with Crippen LogP contribution in [0.15, 0.2) is 24.3 Å². The van der Waals surface area contributed by atoms with E-state index in [1.54, 1.807) is 0 Å². The predicted octanol–water partition coefficient (Wildman–Crippen LogP) is 3.00. The Kier molecular flexibility index (Phi) is 6.90. The maximum atomic E-state index is 12.3. The van der Waals surface area contributed by atoms with E-state index in [1.165, 1.54) is 25.9 Å². The highest BCUT2D eigenvalue weighted by Crippen LogP contribution is 2.19. The zero-order valence-electron chi connectivity index (χ0n) is 14.7. The summed E-state index contributed by atoms with van der Waals surface area (Å²) < 4.78 is 5.84. The average molecular weight is 318 g/mol. The maximum absolute atomic E-state index is 12.3. The van der Waals surface area contributed by atoms with Gasteiger partial charge in [-0.25, -0.2) is 0 Å². The molecule has 1 aliphatic heterocycles. The van der Waals surface area contributed by atoms with Crippen LogP contribution in [0.2, 0.25) is 0 Å². The Morgan fingerprint density at radius 3 is 2.78 bits per heavy atom. The number of hydrogen-bond acceptors (Lipinski definition) is 3. The van der Waals surface area contributed by atoms with Gasteiger partial charge in [0.05, 0.1) is 0 Å². The predicted molar refractivity (Wildman–Crippen MR) is 93.7 cm³/mol. The summed E-state index contributed by atoms with van der Waals surface area (Å²) >= 11 is 0. The van der Waals surface area contributed by atoms with Crippen molar-refractivity contribution in [1.29, 1.82) is 0 Å². The van der Waals surface area contributed by atoms with Gasteiger partial charge in [0, 0.05) is 6.54 Å². The van der Waals surface area contributed by atoms with Gasteiger partial charge in [-0.3, -0.25) is 4.79 Å². The molecule has 1 aliphatic rings. The summed E-state index contributed by atoms with van der Waals surface area (Å²) in [4.78, 5) is 14.7. The van der Waals surface area contributed by atoms with Crippen LogP contribution in [0, 0.1) is 12.8 Å². The van der Waals surface area contributed by atoms with E-state index in [9.17, 15) is 4.79 Å². The van der Waals surface area contributed by atoms with Gasteiger partial charge in [0.1, 0.15) is 5.75 Å². The topological polar surface area (TPSA) is 41.6 Å². The molecule has 1 N–H and O–H groups in total. The molecule has 2 rings (SSSR count). The van der Waals surface area contributed by atoms with Gasteiger partial charge >= 0.3 is 0 Å². The van der Waals surface area contributed by atoms with E-state index in [0.717, 1.165) is 30.2 Å². The number of rotatable bonds is 7. The van der Waals surface area contributed by atoms with Gasteiger partial charge < -0.3 is 15.0 Å². The van der Waals surface area contributed by atoms with Crippen LogP contribution < -0.4 is 10.1 Å². The molecule has 0 aliphatic carbocycles. The first-order chi connectivity index (χ1) is 11.1. The third-order valence-electron chi connectivity index (χ3n) is 4.62. The summed E-state index contributed by atoms with van der Waals surface area (Å²) in [6.07, 6.45) is 3.82. The van der Waals surface area contributed by atoms with Crippen LogP contribution in [0.4, 0.5) is 0 Å². The van der Waals surface area contributed by atoms with Crippen LogP contribution >= 0.6 is 0 Å². The van der Waals surface area contributed by atoms with Gasteiger partial charge in [-0.05, 0) is 76.4 Å². The highest BCUT2D eigenvalue weighted by molar-refractivity contribution is 5.81. The van der Waals surface area contributed by atoms with E-state index in [4.69, 9.17) is 4.74 Å². The van der Waals surface area contributed by atoms with E-state index in [2.05, 4.69) is 17.3 Å². The van der Waals surface area contributed by atoms with Crippen molar-refractivity contribution < 1.29 is 9.53 Å². The van der Waals surface area contributed by atoms with Crippen molar-refractivity contribution in [1.82, 2.24) is 10.2 Å². The zero-order chi connectivity index (χ0) is 16.7. The molecule has 0 radical (unpaired) electrons. The Morgan fingerprint density at radius 1 is 1.39 bits per heavy atom. The summed E-state index contributed by atoms with van der Waals surface area (Å²) in [6.45, 7) is 7.10. The van der Waals surface area contributed by atoms with E-state index in [-0.39, 0.29) is 5.91 Å². The Labute approximate surface area is 140 Å². The number of benzene rings is 1. The van der Waals surface area contributed by atoms with Gasteiger partial charge in [-0.15, -0.1) is 0 Å². The van der Waals surface area contributed by atoms with Crippen LogP contribution in [0.5, 0.6) is 5.75 Å². The lowest BCUT2D eigenvalue weighted by molar-refractivity contribution is -0.128. The Morgan fingerprint density at radius 2 is 2.13 bits per heavy atom. The third kappa shape index (κ3) is 5.87. The van der Waals surface area contributed by atoms with Crippen LogP contribution in [0.1, 0.15) is 38.2 Å². The van der Waals surface area contributed by atoms with Gasteiger partial charge in [-0.1, -0.05) is 19.1 Å². The van der Waals surface area contributed by atoms with Crippen molar-refractivity contribution in [2.24, 2.45) is 5.92 Å². The van der Waals surface area contributed by atoms with Crippen LogP contribution in [0.3, 0.4) is 0 Å². The SMILES string of the molecule is CCC(Oc1cccc(C)c1)C(=O)NCCC1CCN(C)CC1. The number of ether oxygens (including phenoxy) is 1. The van der Waals surface area contributed by atoms with Crippen molar-refractivity contribution in [3.8, 4) is 5.75 Å². The van der Waals surface area contributed by atoms with Crippen LogP contribution in [-0.4, -0.2) is 43.6 Å². The first-order valence-electron chi connectivity index (χ1n) is 8.78. The second-order valence-electron chi connectivity index (χ2n) is 6.66. The number of carbonyl (C=O) groups excluding carboxylic acids is 1.